The Labute approximate surface area is 111 Å². The summed E-state index contributed by atoms with van der Waals surface area (Å²) in [7, 11) is 0. The molecule has 0 aliphatic carbocycles. The van der Waals surface area contributed by atoms with Crippen molar-refractivity contribution in [3.63, 3.8) is 0 Å². The Bertz CT molecular complexity index is 474. The maximum absolute atomic E-state index is 12.0. The minimum absolute atomic E-state index is 0.00627. The van der Waals surface area contributed by atoms with Crippen LogP contribution < -0.4 is 15.2 Å². The molecule has 1 aliphatic heterocycles. The first-order valence-electron chi connectivity index (χ1n) is 6.03. The molecule has 18 heavy (non-hydrogen) atoms. The van der Waals surface area contributed by atoms with Crippen molar-refractivity contribution in [1.29, 1.82) is 0 Å². The monoisotopic (exact) mass is 269 g/mol. The fraction of sp³-hybridized carbons (Fsp3) is 0.462. The van der Waals surface area contributed by atoms with Crippen molar-refractivity contribution in [3.05, 3.63) is 22.2 Å². The summed E-state index contributed by atoms with van der Waals surface area (Å²) in [6.45, 7) is 3.26. The molecule has 0 spiro atoms. The van der Waals surface area contributed by atoms with Gasteiger partial charge in [-0.1, -0.05) is 18.5 Å². The summed E-state index contributed by atoms with van der Waals surface area (Å²) in [5.74, 6) is 1.15. The summed E-state index contributed by atoms with van der Waals surface area (Å²) in [6.07, 6.45) is 0.997. The van der Waals surface area contributed by atoms with Gasteiger partial charge in [0.05, 0.1) is 5.02 Å². The Balaban J connectivity index is 2.53. The van der Waals surface area contributed by atoms with Crippen LogP contribution in [0.4, 0.5) is 0 Å². The van der Waals surface area contributed by atoms with E-state index in [2.05, 4.69) is 0 Å². The van der Waals surface area contributed by atoms with Gasteiger partial charge in [0.2, 0.25) is 0 Å². The molecule has 0 radical (unpaired) electrons. The number of hydrogen-bond acceptors (Lipinski definition) is 4. The Morgan fingerprint density at radius 1 is 1.39 bits per heavy atom. The van der Waals surface area contributed by atoms with Gasteiger partial charge in [-0.15, -0.1) is 0 Å². The zero-order chi connectivity index (χ0) is 13.1. The third-order valence-corrected chi connectivity index (χ3v) is 3.18. The van der Waals surface area contributed by atoms with Crippen LogP contribution in [0.1, 0.15) is 29.3 Å². The van der Waals surface area contributed by atoms with Gasteiger partial charge in [-0.3, -0.25) is 4.79 Å². The second kappa shape index (κ2) is 5.59. The molecule has 0 atom stereocenters. The SMILES string of the molecule is CCc1c(C(=O)CCN)cc(Cl)c2c1OCCO2. The summed E-state index contributed by atoms with van der Waals surface area (Å²) in [4.78, 5) is 12.0. The standard InChI is InChI=1S/C13H16ClNO3/c1-2-8-9(11(16)3-4-15)7-10(14)13-12(8)17-5-6-18-13/h7H,2-6,15H2,1H3. The lowest BCUT2D eigenvalue weighted by Crippen LogP contribution is -2.19. The first-order chi connectivity index (χ1) is 8.69. The molecular weight excluding hydrogens is 254 g/mol. The molecule has 2 N–H and O–H groups in total. The van der Waals surface area contributed by atoms with E-state index in [0.717, 1.165) is 5.56 Å². The van der Waals surface area contributed by atoms with Crippen LogP contribution in [0.2, 0.25) is 5.02 Å². The van der Waals surface area contributed by atoms with Crippen LogP contribution in [0.15, 0.2) is 6.07 Å². The highest BCUT2D eigenvalue weighted by Gasteiger charge is 2.24. The number of ether oxygens (including phenoxy) is 2. The van der Waals surface area contributed by atoms with Crippen LogP contribution in [0.25, 0.3) is 0 Å². The van der Waals surface area contributed by atoms with Crippen molar-refractivity contribution in [2.24, 2.45) is 5.73 Å². The fourth-order valence-electron chi connectivity index (χ4n) is 2.09. The first kappa shape index (κ1) is 13.2. The Kier molecular flexibility index (Phi) is 4.09. The smallest absolute Gasteiger partial charge is 0.180 e. The lowest BCUT2D eigenvalue weighted by atomic mass is 9.98. The van der Waals surface area contributed by atoms with Gasteiger partial charge in [-0.05, 0) is 19.0 Å². The predicted octanol–water partition coefficient (Wildman–Crippen LogP) is 2.21. The average Bonchev–Trinajstić information content (AvgIpc) is 2.39. The number of carbonyl (C=O) groups is 1. The van der Waals surface area contributed by atoms with E-state index in [4.69, 9.17) is 26.8 Å². The molecule has 1 aromatic carbocycles. The predicted molar refractivity (Wildman–Crippen MR) is 69.8 cm³/mol. The molecular formula is C13H16ClNO3. The molecule has 0 aromatic heterocycles. The topological polar surface area (TPSA) is 61.6 Å². The van der Waals surface area contributed by atoms with Crippen molar-refractivity contribution < 1.29 is 14.3 Å². The second-order valence-electron chi connectivity index (χ2n) is 4.06. The third-order valence-electron chi connectivity index (χ3n) is 2.89. The van der Waals surface area contributed by atoms with E-state index in [1.807, 2.05) is 6.92 Å². The normalized spacial score (nSPS) is 13.5. The molecule has 0 saturated heterocycles. The molecule has 0 saturated carbocycles. The highest BCUT2D eigenvalue weighted by atomic mass is 35.5. The minimum atomic E-state index is -0.00627. The van der Waals surface area contributed by atoms with E-state index >= 15 is 0 Å². The molecule has 4 nitrogen and oxygen atoms in total. The lowest BCUT2D eigenvalue weighted by molar-refractivity contribution is 0.0983. The molecule has 5 heteroatoms. The zero-order valence-corrected chi connectivity index (χ0v) is 11.0. The molecule has 1 heterocycles. The number of Topliss-reactive ketones (excluding diaryl/α,β-unsaturated/α-hetero) is 1. The van der Waals surface area contributed by atoms with Crippen molar-refractivity contribution in [3.8, 4) is 11.5 Å². The van der Waals surface area contributed by atoms with E-state index in [0.29, 0.717) is 54.7 Å². The van der Waals surface area contributed by atoms with Crippen LogP contribution in [0.3, 0.4) is 0 Å². The Morgan fingerprint density at radius 2 is 2.06 bits per heavy atom. The summed E-state index contributed by atoms with van der Waals surface area (Å²) < 4.78 is 11.1. The maximum Gasteiger partial charge on any atom is 0.180 e. The Morgan fingerprint density at radius 3 is 2.67 bits per heavy atom. The van der Waals surface area contributed by atoms with E-state index in [9.17, 15) is 4.79 Å². The molecule has 1 aromatic rings. The average molecular weight is 270 g/mol. The molecule has 0 unspecified atom stereocenters. The van der Waals surface area contributed by atoms with Crippen molar-refractivity contribution in [2.45, 2.75) is 19.8 Å². The number of fused-ring (bicyclic) bond motifs is 1. The second-order valence-corrected chi connectivity index (χ2v) is 4.46. The van der Waals surface area contributed by atoms with Gasteiger partial charge in [0.25, 0.3) is 0 Å². The van der Waals surface area contributed by atoms with Crippen LogP contribution >= 0.6 is 11.6 Å². The van der Waals surface area contributed by atoms with Crippen molar-refractivity contribution in [1.82, 2.24) is 0 Å². The number of nitrogens with two attached hydrogens (primary N) is 1. The van der Waals surface area contributed by atoms with Gasteiger partial charge in [0.1, 0.15) is 13.2 Å². The van der Waals surface area contributed by atoms with Gasteiger partial charge in [-0.2, -0.15) is 0 Å². The molecule has 0 amide bonds. The van der Waals surface area contributed by atoms with Gasteiger partial charge >= 0.3 is 0 Å². The molecule has 0 bridgehead atoms. The fourth-order valence-corrected chi connectivity index (χ4v) is 2.34. The van der Waals surface area contributed by atoms with Crippen LogP contribution in [-0.2, 0) is 6.42 Å². The molecule has 2 rings (SSSR count). The number of benzene rings is 1. The molecule has 98 valence electrons. The summed E-state index contributed by atoms with van der Waals surface area (Å²) in [5, 5.41) is 0.419. The third kappa shape index (κ3) is 2.31. The van der Waals surface area contributed by atoms with Crippen LogP contribution in [-0.4, -0.2) is 25.5 Å². The quantitative estimate of drug-likeness (QED) is 0.852. The van der Waals surface area contributed by atoms with Gasteiger partial charge in [-0.25, -0.2) is 0 Å². The van der Waals surface area contributed by atoms with Gasteiger partial charge in [0.15, 0.2) is 17.3 Å². The summed E-state index contributed by atoms with van der Waals surface area (Å²) >= 11 is 6.13. The summed E-state index contributed by atoms with van der Waals surface area (Å²) in [5.41, 5.74) is 6.87. The lowest BCUT2D eigenvalue weighted by Gasteiger charge is -2.23. The zero-order valence-electron chi connectivity index (χ0n) is 10.3. The van der Waals surface area contributed by atoms with Crippen molar-refractivity contribution in [2.75, 3.05) is 19.8 Å². The van der Waals surface area contributed by atoms with Gasteiger partial charge < -0.3 is 15.2 Å². The highest BCUT2D eigenvalue weighted by Crippen LogP contribution is 2.42. The number of rotatable bonds is 4. The Hall–Kier alpha value is -1.26. The minimum Gasteiger partial charge on any atom is -0.486 e. The van der Waals surface area contributed by atoms with E-state index in [1.165, 1.54) is 0 Å². The van der Waals surface area contributed by atoms with Gasteiger partial charge in [0, 0.05) is 17.5 Å². The maximum atomic E-state index is 12.0. The number of hydrogen-bond donors (Lipinski definition) is 1. The largest absolute Gasteiger partial charge is 0.486 e. The van der Waals surface area contributed by atoms with Crippen molar-refractivity contribution >= 4 is 17.4 Å². The van der Waals surface area contributed by atoms with E-state index in [1.54, 1.807) is 6.07 Å². The number of carbonyl (C=O) groups excluding carboxylic acids is 1. The number of halogens is 1. The number of ketones is 1. The summed E-state index contributed by atoms with van der Waals surface area (Å²) in [6, 6.07) is 1.66. The van der Waals surface area contributed by atoms with E-state index < -0.39 is 0 Å². The molecule has 1 aliphatic rings. The van der Waals surface area contributed by atoms with E-state index in [-0.39, 0.29) is 5.78 Å². The first-order valence-corrected chi connectivity index (χ1v) is 6.41. The van der Waals surface area contributed by atoms with Crippen LogP contribution in [0, 0.1) is 0 Å². The highest BCUT2D eigenvalue weighted by molar-refractivity contribution is 6.32. The molecule has 0 fully saturated rings. The van der Waals surface area contributed by atoms with Crippen LogP contribution in [0.5, 0.6) is 11.5 Å².